The number of carbonyl (C=O) groups excluding carboxylic acids is 1. The van der Waals surface area contributed by atoms with Crippen molar-refractivity contribution in [1.82, 2.24) is 5.32 Å². The number of hydrogen-bond acceptors (Lipinski definition) is 3. The molecule has 1 fully saturated rings. The van der Waals surface area contributed by atoms with Crippen LogP contribution in [0, 0.1) is 5.41 Å². The van der Waals surface area contributed by atoms with E-state index in [4.69, 9.17) is 0 Å². The van der Waals surface area contributed by atoms with Gasteiger partial charge in [0.2, 0.25) is 5.91 Å². The van der Waals surface area contributed by atoms with Gasteiger partial charge in [-0.05, 0) is 18.4 Å². The first-order valence-corrected chi connectivity index (χ1v) is 7.27. The summed E-state index contributed by atoms with van der Waals surface area (Å²) in [5.41, 5.74) is -0.187. The molecule has 5 heteroatoms. The maximum Gasteiger partial charge on any atom is 0.310 e. The van der Waals surface area contributed by atoms with Gasteiger partial charge in [-0.3, -0.25) is 9.59 Å². The van der Waals surface area contributed by atoms with E-state index in [0.29, 0.717) is 12.8 Å². The molecule has 1 aromatic rings. The smallest absolute Gasteiger partial charge is 0.310 e. The van der Waals surface area contributed by atoms with Crippen LogP contribution in [0.2, 0.25) is 0 Å². The van der Waals surface area contributed by atoms with Gasteiger partial charge >= 0.3 is 5.97 Å². The second kappa shape index (κ2) is 6.72. The molecule has 3 N–H and O–H groups in total. The average Bonchev–Trinajstić information content (AvgIpc) is 2.95. The lowest BCUT2D eigenvalue weighted by molar-refractivity contribution is -0.151. The third kappa shape index (κ3) is 3.82. The first kappa shape index (κ1) is 15.5. The van der Waals surface area contributed by atoms with Crippen molar-refractivity contribution in [3.8, 4) is 0 Å². The van der Waals surface area contributed by atoms with Crippen LogP contribution < -0.4 is 5.32 Å². The molecule has 1 unspecified atom stereocenters. The Morgan fingerprint density at radius 3 is 2.38 bits per heavy atom. The van der Waals surface area contributed by atoms with Crippen LogP contribution >= 0.6 is 0 Å². The summed E-state index contributed by atoms with van der Waals surface area (Å²) >= 11 is 0. The van der Waals surface area contributed by atoms with Gasteiger partial charge in [0.15, 0.2) is 0 Å². The zero-order chi connectivity index (χ0) is 15.3. The number of aliphatic hydroxyl groups is 1. The highest BCUT2D eigenvalue weighted by molar-refractivity contribution is 5.85. The van der Waals surface area contributed by atoms with Crippen molar-refractivity contribution in [3.63, 3.8) is 0 Å². The van der Waals surface area contributed by atoms with Gasteiger partial charge in [0.25, 0.3) is 0 Å². The maximum atomic E-state index is 12.0. The van der Waals surface area contributed by atoms with Gasteiger partial charge in [0.1, 0.15) is 0 Å². The number of rotatable bonds is 6. The standard InChI is InChI=1S/C16H21NO4/c18-13(12-6-2-1-3-7-12)11-17-14(19)10-16(15(20)21)8-4-5-9-16/h1-3,6-7,13,18H,4-5,8-11H2,(H,17,19)(H,20,21). The Balaban J connectivity index is 1.86. The molecule has 1 saturated carbocycles. The fourth-order valence-corrected chi connectivity index (χ4v) is 2.89. The summed E-state index contributed by atoms with van der Waals surface area (Å²) in [4.78, 5) is 23.3. The second-order valence-electron chi connectivity index (χ2n) is 5.70. The van der Waals surface area contributed by atoms with Gasteiger partial charge in [0.05, 0.1) is 11.5 Å². The summed E-state index contributed by atoms with van der Waals surface area (Å²) in [6.45, 7) is 0.0958. The SMILES string of the molecule is O=C(CC1(C(=O)O)CCCC1)NCC(O)c1ccccc1. The van der Waals surface area contributed by atoms with Gasteiger partial charge in [0, 0.05) is 13.0 Å². The van der Waals surface area contributed by atoms with E-state index in [9.17, 15) is 19.8 Å². The number of carboxylic acids is 1. The fraction of sp³-hybridized carbons (Fsp3) is 0.500. The molecule has 1 aliphatic rings. The predicted molar refractivity (Wildman–Crippen MR) is 77.6 cm³/mol. The Bertz CT molecular complexity index is 494. The monoisotopic (exact) mass is 291 g/mol. The van der Waals surface area contributed by atoms with Crippen LogP contribution in [0.1, 0.15) is 43.8 Å². The summed E-state index contributed by atoms with van der Waals surface area (Å²) in [5, 5.41) is 21.9. The van der Waals surface area contributed by atoms with Gasteiger partial charge in [-0.15, -0.1) is 0 Å². The summed E-state index contributed by atoms with van der Waals surface area (Å²) in [7, 11) is 0. The third-order valence-corrected chi connectivity index (χ3v) is 4.19. The Kier molecular flexibility index (Phi) is 4.96. The van der Waals surface area contributed by atoms with Crippen molar-refractivity contribution < 1.29 is 19.8 Å². The lowest BCUT2D eigenvalue weighted by atomic mass is 9.82. The molecule has 0 aliphatic heterocycles. The number of carbonyl (C=O) groups is 2. The molecule has 1 amide bonds. The van der Waals surface area contributed by atoms with Crippen LogP contribution in [-0.2, 0) is 9.59 Å². The van der Waals surface area contributed by atoms with Crippen molar-refractivity contribution in [2.75, 3.05) is 6.54 Å². The van der Waals surface area contributed by atoms with E-state index >= 15 is 0 Å². The lowest BCUT2D eigenvalue weighted by Gasteiger charge is -2.23. The highest BCUT2D eigenvalue weighted by Gasteiger charge is 2.42. The highest BCUT2D eigenvalue weighted by Crippen LogP contribution is 2.41. The molecular weight excluding hydrogens is 270 g/mol. The van der Waals surface area contributed by atoms with E-state index in [1.165, 1.54) is 0 Å². The van der Waals surface area contributed by atoms with Crippen molar-refractivity contribution >= 4 is 11.9 Å². The van der Waals surface area contributed by atoms with Crippen LogP contribution in [0.3, 0.4) is 0 Å². The molecule has 0 spiro atoms. The average molecular weight is 291 g/mol. The van der Waals surface area contributed by atoms with Crippen molar-refractivity contribution in [2.24, 2.45) is 5.41 Å². The van der Waals surface area contributed by atoms with Crippen LogP contribution in [0.25, 0.3) is 0 Å². The number of hydrogen-bond donors (Lipinski definition) is 3. The molecule has 114 valence electrons. The first-order valence-electron chi connectivity index (χ1n) is 7.27. The van der Waals surface area contributed by atoms with Gasteiger partial charge in [-0.1, -0.05) is 43.2 Å². The summed E-state index contributed by atoms with van der Waals surface area (Å²) < 4.78 is 0. The minimum Gasteiger partial charge on any atom is -0.481 e. The maximum absolute atomic E-state index is 12.0. The predicted octanol–water partition coefficient (Wildman–Crippen LogP) is 1.87. The largest absolute Gasteiger partial charge is 0.481 e. The van der Waals surface area contributed by atoms with Crippen LogP contribution in [0.5, 0.6) is 0 Å². The number of benzene rings is 1. The molecule has 0 bridgehead atoms. The lowest BCUT2D eigenvalue weighted by Crippen LogP contribution is -2.37. The van der Waals surface area contributed by atoms with E-state index in [2.05, 4.69) is 5.32 Å². The van der Waals surface area contributed by atoms with Crippen molar-refractivity contribution in [3.05, 3.63) is 35.9 Å². The molecule has 0 heterocycles. The fourth-order valence-electron chi connectivity index (χ4n) is 2.89. The quantitative estimate of drug-likeness (QED) is 0.747. The van der Waals surface area contributed by atoms with E-state index in [0.717, 1.165) is 18.4 Å². The Morgan fingerprint density at radius 1 is 1.19 bits per heavy atom. The van der Waals surface area contributed by atoms with Crippen molar-refractivity contribution in [1.29, 1.82) is 0 Å². The topological polar surface area (TPSA) is 86.6 Å². The zero-order valence-electron chi connectivity index (χ0n) is 11.9. The molecule has 0 aromatic heterocycles. The highest BCUT2D eigenvalue weighted by atomic mass is 16.4. The Morgan fingerprint density at radius 2 is 1.81 bits per heavy atom. The molecule has 1 aliphatic carbocycles. The minimum atomic E-state index is -0.915. The summed E-state index contributed by atoms with van der Waals surface area (Å²) in [5.74, 6) is -1.20. The Hall–Kier alpha value is -1.88. The zero-order valence-corrected chi connectivity index (χ0v) is 11.9. The molecule has 21 heavy (non-hydrogen) atoms. The number of carboxylic acid groups (broad SMARTS) is 1. The number of aliphatic hydroxyl groups excluding tert-OH is 1. The number of aliphatic carboxylic acids is 1. The minimum absolute atomic E-state index is 0.0101. The van der Waals surface area contributed by atoms with Crippen molar-refractivity contribution in [2.45, 2.75) is 38.2 Å². The van der Waals surface area contributed by atoms with Gasteiger partial charge < -0.3 is 15.5 Å². The summed E-state index contributed by atoms with van der Waals surface area (Å²) in [6.07, 6.45) is 2.02. The van der Waals surface area contributed by atoms with Crippen LogP contribution in [0.4, 0.5) is 0 Å². The van der Waals surface area contributed by atoms with Crippen LogP contribution in [-0.4, -0.2) is 28.6 Å². The van der Waals surface area contributed by atoms with E-state index in [-0.39, 0.29) is 18.9 Å². The first-order chi connectivity index (χ1) is 10.0. The molecule has 0 saturated heterocycles. The molecule has 1 aromatic carbocycles. The second-order valence-corrected chi connectivity index (χ2v) is 5.70. The molecule has 5 nitrogen and oxygen atoms in total. The molecular formula is C16H21NO4. The summed E-state index contributed by atoms with van der Waals surface area (Å²) in [6, 6.07) is 9.06. The molecule has 2 rings (SSSR count). The van der Waals surface area contributed by atoms with Crippen LogP contribution in [0.15, 0.2) is 30.3 Å². The van der Waals surface area contributed by atoms with E-state index < -0.39 is 17.5 Å². The van der Waals surface area contributed by atoms with Gasteiger partial charge in [-0.25, -0.2) is 0 Å². The third-order valence-electron chi connectivity index (χ3n) is 4.19. The Labute approximate surface area is 124 Å². The van der Waals surface area contributed by atoms with E-state index in [1.54, 1.807) is 12.1 Å². The molecule has 1 atom stereocenters. The van der Waals surface area contributed by atoms with E-state index in [1.807, 2.05) is 18.2 Å². The van der Waals surface area contributed by atoms with Gasteiger partial charge in [-0.2, -0.15) is 0 Å². The molecule has 0 radical (unpaired) electrons. The normalized spacial score (nSPS) is 18.1. The number of nitrogens with one attached hydrogen (secondary N) is 1. The number of amides is 1.